The van der Waals surface area contributed by atoms with Crippen molar-refractivity contribution in [3.63, 3.8) is 0 Å². The molecule has 0 aromatic rings. The molecule has 10 atom stereocenters. The van der Waals surface area contributed by atoms with Crippen LogP contribution in [0.4, 0.5) is 0 Å². The molecule has 4 nitrogen and oxygen atoms in total. The van der Waals surface area contributed by atoms with Gasteiger partial charge in [-0.15, -0.1) is 0 Å². The van der Waals surface area contributed by atoms with Crippen molar-refractivity contribution < 1.29 is 19.4 Å². The van der Waals surface area contributed by atoms with Crippen molar-refractivity contribution in [2.24, 2.45) is 39.4 Å². The van der Waals surface area contributed by atoms with Crippen molar-refractivity contribution in [2.45, 2.75) is 130 Å². The zero-order chi connectivity index (χ0) is 24.7. The van der Waals surface area contributed by atoms with E-state index in [4.69, 9.17) is 9.47 Å². The van der Waals surface area contributed by atoms with Gasteiger partial charge in [0, 0.05) is 17.8 Å². The van der Waals surface area contributed by atoms with Gasteiger partial charge in [0.05, 0.1) is 23.4 Å². The van der Waals surface area contributed by atoms with Crippen LogP contribution in [0.1, 0.15) is 100 Å². The number of carbonyl (C=O) groups excluding carboxylic acids is 1. The molecule has 34 heavy (non-hydrogen) atoms. The van der Waals surface area contributed by atoms with Gasteiger partial charge in [-0.3, -0.25) is 4.79 Å². The predicted molar refractivity (Wildman–Crippen MR) is 132 cm³/mol. The van der Waals surface area contributed by atoms with Crippen LogP contribution >= 0.6 is 0 Å². The second-order valence-electron chi connectivity index (χ2n) is 14.9. The molecule has 5 fully saturated rings. The van der Waals surface area contributed by atoms with Gasteiger partial charge in [0.1, 0.15) is 11.9 Å². The highest BCUT2D eigenvalue weighted by Gasteiger charge is 2.73. The molecule has 2 aliphatic heterocycles. The second-order valence-corrected chi connectivity index (χ2v) is 14.9. The summed E-state index contributed by atoms with van der Waals surface area (Å²) in [4.78, 5) is 12.9. The number of ether oxygens (including phenoxy) is 2. The lowest BCUT2D eigenvalue weighted by atomic mass is 9.36. The molecule has 6 rings (SSSR count). The molecule has 1 spiro atoms. The molecule has 6 aliphatic rings. The summed E-state index contributed by atoms with van der Waals surface area (Å²) in [5.41, 5.74) is 0.721. The SMILES string of the molecule is C[C@@H]1C[C@@H]([C@H]2OC2(C)C)O[C@]12CC[C@@]1(C)C2=C[C@H](O)[C@H]2[C@@]3(C)CCC(=O)C(C)(C)[C@@H]3CC[C@@]21C. The largest absolute Gasteiger partial charge is 0.389 e. The summed E-state index contributed by atoms with van der Waals surface area (Å²) in [5, 5.41) is 11.9. The van der Waals surface area contributed by atoms with Crippen molar-refractivity contribution in [1.29, 1.82) is 0 Å². The molecule has 2 saturated heterocycles. The zero-order valence-electron chi connectivity index (χ0n) is 22.7. The van der Waals surface area contributed by atoms with Gasteiger partial charge in [0.2, 0.25) is 0 Å². The molecule has 0 aromatic heterocycles. The summed E-state index contributed by atoms with van der Waals surface area (Å²) >= 11 is 0. The first kappa shape index (κ1) is 23.7. The van der Waals surface area contributed by atoms with Crippen molar-refractivity contribution in [2.75, 3.05) is 0 Å². The molecule has 0 amide bonds. The highest BCUT2D eigenvalue weighted by Crippen LogP contribution is 2.75. The summed E-state index contributed by atoms with van der Waals surface area (Å²) < 4.78 is 13.0. The fourth-order valence-corrected chi connectivity index (χ4v) is 10.6. The third kappa shape index (κ3) is 2.59. The minimum Gasteiger partial charge on any atom is -0.389 e. The van der Waals surface area contributed by atoms with E-state index in [-0.39, 0.29) is 51.0 Å². The summed E-state index contributed by atoms with van der Waals surface area (Å²) in [7, 11) is 0. The van der Waals surface area contributed by atoms with E-state index in [1.807, 2.05) is 0 Å². The molecule has 4 heteroatoms. The monoisotopic (exact) mass is 470 g/mol. The van der Waals surface area contributed by atoms with E-state index in [1.54, 1.807) is 0 Å². The van der Waals surface area contributed by atoms with Gasteiger partial charge in [-0.2, -0.15) is 0 Å². The predicted octanol–water partition coefficient (Wildman–Crippen LogP) is 5.86. The molecule has 3 saturated carbocycles. The number of hydrogen-bond donors (Lipinski definition) is 1. The lowest BCUT2D eigenvalue weighted by Gasteiger charge is -2.68. The Bertz CT molecular complexity index is 965. The first-order chi connectivity index (χ1) is 15.6. The van der Waals surface area contributed by atoms with E-state index in [1.165, 1.54) is 5.57 Å². The molecule has 0 bridgehead atoms. The van der Waals surface area contributed by atoms with E-state index < -0.39 is 6.10 Å². The Balaban J connectivity index is 1.41. The maximum Gasteiger partial charge on any atom is 0.138 e. The molecule has 0 radical (unpaired) electrons. The van der Waals surface area contributed by atoms with Crippen LogP contribution in [0.5, 0.6) is 0 Å². The Hall–Kier alpha value is -0.710. The maximum atomic E-state index is 12.9. The zero-order valence-corrected chi connectivity index (χ0v) is 22.7. The molecule has 190 valence electrons. The number of hydrogen-bond acceptors (Lipinski definition) is 4. The normalized spacial score (nSPS) is 57.1. The Kier molecular flexibility index (Phi) is 4.58. The smallest absolute Gasteiger partial charge is 0.138 e. The lowest BCUT2D eigenvalue weighted by molar-refractivity contribution is -0.196. The van der Waals surface area contributed by atoms with Gasteiger partial charge in [-0.05, 0) is 86.0 Å². The summed E-state index contributed by atoms with van der Waals surface area (Å²) in [6, 6.07) is 0. The van der Waals surface area contributed by atoms with Crippen LogP contribution in [0.25, 0.3) is 0 Å². The molecular formula is C30H46O4. The maximum absolute atomic E-state index is 12.9. The Morgan fingerprint density at radius 2 is 1.65 bits per heavy atom. The topological polar surface area (TPSA) is 59.1 Å². The van der Waals surface area contributed by atoms with E-state index >= 15 is 0 Å². The molecule has 2 heterocycles. The molecular weight excluding hydrogens is 424 g/mol. The standard InChI is InChI=1S/C30H46O4/c1-17-15-19(24-26(4,5)34-24)33-30(17)14-13-28(7)21(30)16-18(31)23-27(6)11-10-22(32)25(2,3)20(27)9-12-29(23,28)8/h16-20,23-24,31H,9-15H2,1-8H3/t17-,18+,19+,20+,23+,24-,27+,28+,29+,30-/m1/s1. The van der Waals surface area contributed by atoms with Gasteiger partial charge >= 0.3 is 0 Å². The van der Waals surface area contributed by atoms with Crippen LogP contribution in [0, 0.1) is 39.4 Å². The summed E-state index contributed by atoms with van der Waals surface area (Å²) in [6.45, 7) is 18.4. The van der Waals surface area contributed by atoms with Gasteiger partial charge in [-0.25, -0.2) is 0 Å². The Morgan fingerprint density at radius 3 is 2.29 bits per heavy atom. The molecule has 0 unspecified atom stereocenters. The third-order valence-corrected chi connectivity index (χ3v) is 12.8. The van der Waals surface area contributed by atoms with Crippen LogP contribution in [-0.2, 0) is 14.3 Å². The Labute approximate surface area is 206 Å². The first-order valence-electron chi connectivity index (χ1n) is 13.9. The number of aliphatic hydroxyl groups is 1. The minimum absolute atomic E-state index is 0.00175. The van der Waals surface area contributed by atoms with Crippen molar-refractivity contribution in [3.8, 4) is 0 Å². The van der Waals surface area contributed by atoms with Crippen LogP contribution in [-0.4, -0.2) is 40.4 Å². The van der Waals surface area contributed by atoms with Crippen molar-refractivity contribution >= 4 is 5.78 Å². The number of epoxide rings is 1. The average molecular weight is 471 g/mol. The van der Waals surface area contributed by atoms with E-state index in [0.29, 0.717) is 24.0 Å². The number of aliphatic hydroxyl groups excluding tert-OH is 1. The van der Waals surface area contributed by atoms with E-state index in [9.17, 15) is 9.90 Å². The Morgan fingerprint density at radius 1 is 0.971 bits per heavy atom. The molecule has 0 aromatic carbocycles. The van der Waals surface area contributed by atoms with Gasteiger partial charge < -0.3 is 14.6 Å². The van der Waals surface area contributed by atoms with Crippen molar-refractivity contribution in [1.82, 2.24) is 0 Å². The number of rotatable bonds is 1. The minimum atomic E-state index is -0.483. The van der Waals surface area contributed by atoms with E-state index in [0.717, 1.165) is 38.5 Å². The fraction of sp³-hybridized carbons (Fsp3) is 0.900. The van der Waals surface area contributed by atoms with Gasteiger partial charge in [0.15, 0.2) is 0 Å². The summed E-state index contributed by atoms with van der Waals surface area (Å²) in [5.74, 6) is 1.35. The van der Waals surface area contributed by atoms with Crippen LogP contribution in [0.3, 0.4) is 0 Å². The van der Waals surface area contributed by atoms with Crippen molar-refractivity contribution in [3.05, 3.63) is 11.6 Å². The number of Topliss-reactive ketones (excluding diaryl/α,β-unsaturated/α-hetero) is 1. The molecule has 1 N–H and O–H groups in total. The summed E-state index contributed by atoms with van der Waals surface area (Å²) in [6.07, 6.45) is 9.00. The van der Waals surface area contributed by atoms with Crippen LogP contribution in [0.2, 0.25) is 0 Å². The second kappa shape index (κ2) is 6.58. The van der Waals surface area contributed by atoms with Gasteiger partial charge in [-0.1, -0.05) is 47.6 Å². The quantitative estimate of drug-likeness (QED) is 0.385. The highest BCUT2D eigenvalue weighted by atomic mass is 16.6. The molecule has 4 aliphatic carbocycles. The van der Waals surface area contributed by atoms with E-state index in [2.05, 4.69) is 61.5 Å². The van der Waals surface area contributed by atoms with Crippen LogP contribution < -0.4 is 0 Å². The number of fused-ring (bicyclic) bond motifs is 6. The highest BCUT2D eigenvalue weighted by molar-refractivity contribution is 5.85. The first-order valence-corrected chi connectivity index (χ1v) is 13.9. The number of ketones is 1. The third-order valence-electron chi connectivity index (χ3n) is 12.8. The van der Waals surface area contributed by atoms with Gasteiger partial charge in [0.25, 0.3) is 0 Å². The fourth-order valence-electron chi connectivity index (χ4n) is 10.6. The average Bonchev–Trinajstić information content (AvgIpc) is 3.09. The van der Waals surface area contributed by atoms with Crippen LogP contribution in [0.15, 0.2) is 11.6 Å². The lowest BCUT2D eigenvalue weighted by Crippen LogP contribution is -2.65. The number of carbonyl (C=O) groups is 1.